The molecule has 21 heavy (non-hydrogen) atoms. The zero-order valence-electron chi connectivity index (χ0n) is 11.7. The Bertz CT molecular complexity index is 734. The van der Waals surface area contributed by atoms with Gasteiger partial charge in [-0.15, -0.1) is 0 Å². The molecular weight excluding hydrogens is 284 g/mol. The van der Waals surface area contributed by atoms with E-state index >= 15 is 0 Å². The van der Waals surface area contributed by atoms with Gasteiger partial charge in [-0.25, -0.2) is 0 Å². The van der Waals surface area contributed by atoms with Crippen LogP contribution in [-0.2, 0) is 6.42 Å². The molecule has 0 bridgehead atoms. The number of ketones is 2. The lowest BCUT2D eigenvalue weighted by Gasteiger charge is -2.24. The average Bonchev–Trinajstić information content (AvgIpc) is 2.46. The number of Topliss-reactive ketones (excluding diaryl/α,β-unsaturated/α-hetero) is 2. The van der Waals surface area contributed by atoms with E-state index in [1.165, 1.54) is 6.92 Å². The molecule has 0 radical (unpaired) electrons. The molecule has 3 heteroatoms. The standard InChI is InChI=1S/C18H15ClO2/c1-11(20)15-7-6-12(9-17(15)19)14-8-13-4-2-3-5-16(13)18(21)10-14/h2-7,9,14H,8,10H2,1H3. The highest BCUT2D eigenvalue weighted by Crippen LogP contribution is 2.34. The molecule has 1 aliphatic rings. The summed E-state index contributed by atoms with van der Waals surface area (Å²) in [5.74, 6) is 0.260. The fourth-order valence-corrected chi connectivity index (χ4v) is 3.27. The molecule has 0 saturated carbocycles. The predicted octanol–water partition coefficient (Wildman–Crippen LogP) is 4.46. The number of carbonyl (C=O) groups is 2. The first-order valence-corrected chi connectivity index (χ1v) is 7.35. The van der Waals surface area contributed by atoms with Crippen molar-refractivity contribution in [2.75, 3.05) is 0 Å². The van der Waals surface area contributed by atoms with Gasteiger partial charge in [0, 0.05) is 17.5 Å². The van der Waals surface area contributed by atoms with E-state index in [1.54, 1.807) is 6.07 Å². The summed E-state index contributed by atoms with van der Waals surface area (Å²) < 4.78 is 0. The molecule has 0 fully saturated rings. The number of benzene rings is 2. The molecule has 0 spiro atoms. The second-order valence-electron chi connectivity index (χ2n) is 5.48. The van der Waals surface area contributed by atoms with E-state index < -0.39 is 0 Å². The smallest absolute Gasteiger partial charge is 0.163 e. The van der Waals surface area contributed by atoms with Gasteiger partial charge in [0.25, 0.3) is 0 Å². The SMILES string of the molecule is CC(=O)c1ccc(C2CC(=O)c3ccccc3C2)cc1Cl. The van der Waals surface area contributed by atoms with Gasteiger partial charge in [0.15, 0.2) is 11.6 Å². The highest BCUT2D eigenvalue weighted by molar-refractivity contribution is 6.33. The topological polar surface area (TPSA) is 34.1 Å². The van der Waals surface area contributed by atoms with Crippen LogP contribution in [0.15, 0.2) is 42.5 Å². The summed E-state index contributed by atoms with van der Waals surface area (Å²) in [4.78, 5) is 23.7. The number of hydrogen-bond donors (Lipinski definition) is 0. The third-order valence-electron chi connectivity index (χ3n) is 4.06. The van der Waals surface area contributed by atoms with Crippen molar-refractivity contribution < 1.29 is 9.59 Å². The Morgan fingerprint density at radius 1 is 1.14 bits per heavy atom. The van der Waals surface area contributed by atoms with E-state index in [9.17, 15) is 9.59 Å². The van der Waals surface area contributed by atoms with Gasteiger partial charge in [-0.2, -0.15) is 0 Å². The quantitative estimate of drug-likeness (QED) is 0.767. The minimum Gasteiger partial charge on any atom is -0.294 e. The Morgan fingerprint density at radius 2 is 1.90 bits per heavy atom. The molecule has 0 heterocycles. The highest BCUT2D eigenvalue weighted by atomic mass is 35.5. The van der Waals surface area contributed by atoms with E-state index in [-0.39, 0.29) is 17.5 Å². The third kappa shape index (κ3) is 2.64. The second-order valence-corrected chi connectivity index (χ2v) is 5.89. The molecule has 0 aliphatic heterocycles. The van der Waals surface area contributed by atoms with Crippen LogP contribution in [-0.4, -0.2) is 11.6 Å². The summed E-state index contributed by atoms with van der Waals surface area (Å²) in [5, 5.41) is 0.464. The number of carbonyl (C=O) groups excluding carboxylic acids is 2. The van der Waals surface area contributed by atoms with Gasteiger partial charge >= 0.3 is 0 Å². The Morgan fingerprint density at radius 3 is 2.62 bits per heavy atom. The van der Waals surface area contributed by atoms with E-state index in [4.69, 9.17) is 11.6 Å². The largest absolute Gasteiger partial charge is 0.294 e. The molecule has 2 aromatic carbocycles. The van der Waals surface area contributed by atoms with Gasteiger partial charge in [0.1, 0.15) is 0 Å². The Kier molecular flexibility index (Phi) is 3.64. The maximum atomic E-state index is 12.2. The molecule has 1 atom stereocenters. The van der Waals surface area contributed by atoms with Gasteiger partial charge in [-0.05, 0) is 42.5 Å². The zero-order valence-corrected chi connectivity index (χ0v) is 12.5. The van der Waals surface area contributed by atoms with Crippen LogP contribution >= 0.6 is 11.6 Å². The van der Waals surface area contributed by atoms with Crippen LogP contribution in [0.3, 0.4) is 0 Å². The molecule has 0 amide bonds. The van der Waals surface area contributed by atoms with Crippen LogP contribution in [0.25, 0.3) is 0 Å². The fourth-order valence-electron chi connectivity index (χ4n) is 2.95. The van der Waals surface area contributed by atoms with Crippen LogP contribution in [0.2, 0.25) is 5.02 Å². The van der Waals surface area contributed by atoms with Crippen molar-refractivity contribution in [3.8, 4) is 0 Å². The average molecular weight is 299 g/mol. The normalized spacial score (nSPS) is 17.4. The van der Waals surface area contributed by atoms with E-state index in [1.807, 2.05) is 36.4 Å². The predicted molar refractivity (Wildman–Crippen MR) is 83.3 cm³/mol. The van der Waals surface area contributed by atoms with Crippen LogP contribution in [0.1, 0.15) is 51.1 Å². The summed E-state index contributed by atoms with van der Waals surface area (Å²) >= 11 is 6.17. The summed E-state index contributed by atoms with van der Waals surface area (Å²) in [6.45, 7) is 1.50. The fraction of sp³-hybridized carbons (Fsp3) is 0.222. The molecular formula is C18H15ClO2. The lowest BCUT2D eigenvalue weighted by molar-refractivity contribution is 0.0962. The van der Waals surface area contributed by atoms with Crippen LogP contribution < -0.4 is 0 Å². The maximum Gasteiger partial charge on any atom is 0.163 e. The molecule has 106 valence electrons. The molecule has 2 aromatic rings. The van der Waals surface area contributed by atoms with Gasteiger partial charge in [-0.1, -0.05) is 41.9 Å². The van der Waals surface area contributed by atoms with Crippen molar-refractivity contribution in [2.24, 2.45) is 0 Å². The number of halogens is 1. The lowest BCUT2D eigenvalue weighted by Crippen LogP contribution is -2.18. The second kappa shape index (κ2) is 5.45. The summed E-state index contributed by atoms with van der Waals surface area (Å²) in [5.41, 5.74) is 3.47. The Labute approximate surface area is 128 Å². The molecule has 1 unspecified atom stereocenters. The van der Waals surface area contributed by atoms with Crippen LogP contribution in [0.5, 0.6) is 0 Å². The number of rotatable bonds is 2. The van der Waals surface area contributed by atoms with E-state index in [0.29, 0.717) is 17.0 Å². The van der Waals surface area contributed by atoms with Gasteiger partial charge in [-0.3, -0.25) is 9.59 Å². The minimum absolute atomic E-state index is 0.0448. The number of fused-ring (bicyclic) bond motifs is 1. The molecule has 0 aromatic heterocycles. The van der Waals surface area contributed by atoms with E-state index in [0.717, 1.165) is 23.1 Å². The van der Waals surface area contributed by atoms with Crippen molar-refractivity contribution in [1.82, 2.24) is 0 Å². The summed E-state index contributed by atoms with van der Waals surface area (Å²) in [6.07, 6.45) is 1.32. The van der Waals surface area contributed by atoms with Crippen molar-refractivity contribution in [2.45, 2.75) is 25.7 Å². The maximum absolute atomic E-state index is 12.2. The first-order valence-electron chi connectivity index (χ1n) is 6.97. The van der Waals surface area contributed by atoms with Gasteiger partial charge < -0.3 is 0 Å². The highest BCUT2D eigenvalue weighted by Gasteiger charge is 2.26. The van der Waals surface area contributed by atoms with Crippen LogP contribution in [0, 0.1) is 0 Å². The zero-order chi connectivity index (χ0) is 15.0. The lowest BCUT2D eigenvalue weighted by atomic mass is 9.79. The third-order valence-corrected chi connectivity index (χ3v) is 4.37. The molecule has 3 rings (SSSR count). The van der Waals surface area contributed by atoms with E-state index in [2.05, 4.69) is 0 Å². The van der Waals surface area contributed by atoms with Crippen molar-refractivity contribution in [3.05, 3.63) is 69.7 Å². The van der Waals surface area contributed by atoms with Crippen molar-refractivity contribution in [1.29, 1.82) is 0 Å². The Balaban J connectivity index is 1.94. The number of hydrogen-bond acceptors (Lipinski definition) is 2. The minimum atomic E-state index is -0.0448. The summed E-state index contributed by atoms with van der Waals surface area (Å²) in [7, 11) is 0. The van der Waals surface area contributed by atoms with Crippen molar-refractivity contribution in [3.63, 3.8) is 0 Å². The molecule has 0 saturated heterocycles. The molecule has 1 aliphatic carbocycles. The molecule has 0 N–H and O–H groups in total. The monoisotopic (exact) mass is 298 g/mol. The van der Waals surface area contributed by atoms with Crippen LogP contribution in [0.4, 0.5) is 0 Å². The Hall–Kier alpha value is -1.93. The first-order chi connectivity index (χ1) is 10.1. The van der Waals surface area contributed by atoms with Gasteiger partial charge in [0.05, 0.1) is 5.02 Å². The van der Waals surface area contributed by atoms with Gasteiger partial charge in [0.2, 0.25) is 0 Å². The van der Waals surface area contributed by atoms with Crippen molar-refractivity contribution >= 4 is 23.2 Å². The summed E-state index contributed by atoms with van der Waals surface area (Å²) in [6, 6.07) is 13.2. The molecule has 2 nitrogen and oxygen atoms in total. The first kappa shape index (κ1) is 14.0.